The smallest absolute Gasteiger partial charge is 0.256 e. The number of hydrogen-bond acceptors (Lipinski definition) is 4. The Bertz CT molecular complexity index is 1550. The van der Waals surface area contributed by atoms with Crippen LogP contribution in [-0.2, 0) is 4.79 Å². The number of aryl methyl sites for hydroxylation is 1. The summed E-state index contributed by atoms with van der Waals surface area (Å²) in [6.45, 7) is 9.78. The van der Waals surface area contributed by atoms with Crippen LogP contribution >= 0.6 is 0 Å². The SMILES string of the molecule is Cc1[nH]c(C=C2C(=O)Nc3ccc(C(=O)N[C@@H](C)c4ccccc4)cc32)c(C)c1C(=O)N1CCC[C@H]1CN1CCCC1. The molecule has 3 aliphatic heterocycles. The molecule has 3 amide bonds. The summed E-state index contributed by atoms with van der Waals surface area (Å²) in [4.78, 5) is 47.9. The van der Waals surface area contributed by atoms with Crippen LogP contribution in [0.3, 0.4) is 0 Å². The van der Waals surface area contributed by atoms with Crippen LogP contribution in [0.15, 0.2) is 48.5 Å². The Labute approximate surface area is 247 Å². The molecular formula is C34H39N5O3. The van der Waals surface area contributed by atoms with Crippen LogP contribution in [0.2, 0.25) is 0 Å². The molecule has 2 atom stereocenters. The second-order valence-electron chi connectivity index (χ2n) is 11.8. The van der Waals surface area contributed by atoms with Crippen molar-refractivity contribution in [1.29, 1.82) is 0 Å². The van der Waals surface area contributed by atoms with Crippen LogP contribution < -0.4 is 10.6 Å². The standard InChI is InChI=1S/C34H39N5O3/c1-21-30(35-23(3)31(21)34(42)39-17-9-12-26(39)20-38-15-7-8-16-38)19-28-27-18-25(13-14-29(27)37-33(28)41)32(40)36-22(2)24-10-5-4-6-11-24/h4-6,10-11,13-14,18-19,22,26,35H,7-9,12,15-17,20H2,1-3H3,(H,36,40)(H,37,41)/t22-,26-/m0/s1. The maximum Gasteiger partial charge on any atom is 0.256 e. The summed E-state index contributed by atoms with van der Waals surface area (Å²) in [5, 5.41) is 5.97. The number of rotatable bonds is 7. The van der Waals surface area contributed by atoms with Crippen molar-refractivity contribution in [3.8, 4) is 0 Å². The number of likely N-dealkylation sites (tertiary alicyclic amines) is 2. The van der Waals surface area contributed by atoms with Gasteiger partial charge in [-0.1, -0.05) is 30.3 Å². The van der Waals surface area contributed by atoms with E-state index in [9.17, 15) is 14.4 Å². The predicted octanol–water partition coefficient (Wildman–Crippen LogP) is 5.32. The van der Waals surface area contributed by atoms with Crippen molar-refractivity contribution >= 4 is 35.1 Å². The Morgan fingerprint density at radius 2 is 1.81 bits per heavy atom. The molecule has 0 unspecified atom stereocenters. The minimum absolute atomic E-state index is 0.0652. The number of anilines is 1. The second kappa shape index (κ2) is 11.6. The summed E-state index contributed by atoms with van der Waals surface area (Å²) in [5.41, 5.74) is 6.36. The van der Waals surface area contributed by atoms with Crippen molar-refractivity contribution in [2.24, 2.45) is 0 Å². The van der Waals surface area contributed by atoms with Gasteiger partial charge < -0.3 is 25.4 Å². The monoisotopic (exact) mass is 565 g/mol. The van der Waals surface area contributed by atoms with Gasteiger partial charge in [-0.25, -0.2) is 0 Å². The van der Waals surface area contributed by atoms with Gasteiger partial charge in [0.25, 0.3) is 17.7 Å². The molecule has 8 nitrogen and oxygen atoms in total. The van der Waals surface area contributed by atoms with E-state index in [-0.39, 0.29) is 29.8 Å². The van der Waals surface area contributed by atoms with Crippen molar-refractivity contribution in [2.45, 2.75) is 58.5 Å². The van der Waals surface area contributed by atoms with Gasteiger partial charge in [0, 0.05) is 47.3 Å². The highest BCUT2D eigenvalue weighted by Gasteiger charge is 2.34. The highest BCUT2D eigenvalue weighted by atomic mass is 16.2. The van der Waals surface area contributed by atoms with Crippen LogP contribution in [0.5, 0.6) is 0 Å². The Morgan fingerprint density at radius 3 is 2.57 bits per heavy atom. The van der Waals surface area contributed by atoms with Gasteiger partial charge in [0.15, 0.2) is 0 Å². The molecule has 3 N–H and O–H groups in total. The lowest BCUT2D eigenvalue weighted by atomic mass is 10.0. The molecule has 0 saturated carbocycles. The summed E-state index contributed by atoms with van der Waals surface area (Å²) in [6.07, 6.45) is 6.36. The topological polar surface area (TPSA) is 97.5 Å². The first-order chi connectivity index (χ1) is 20.3. The molecule has 4 heterocycles. The molecule has 8 heteroatoms. The molecule has 3 aliphatic rings. The second-order valence-corrected chi connectivity index (χ2v) is 11.8. The molecule has 0 radical (unpaired) electrons. The Morgan fingerprint density at radius 1 is 1.05 bits per heavy atom. The lowest BCUT2D eigenvalue weighted by Crippen LogP contribution is -2.42. The molecule has 6 rings (SSSR count). The third-order valence-electron chi connectivity index (χ3n) is 9.00. The normalized spacial score (nSPS) is 20.2. The van der Waals surface area contributed by atoms with E-state index in [1.165, 1.54) is 12.8 Å². The molecule has 0 aliphatic carbocycles. The van der Waals surface area contributed by atoms with E-state index in [2.05, 4.69) is 25.4 Å². The first-order valence-corrected chi connectivity index (χ1v) is 15.1. The van der Waals surface area contributed by atoms with Gasteiger partial charge >= 0.3 is 0 Å². The maximum absolute atomic E-state index is 13.8. The fourth-order valence-electron chi connectivity index (χ4n) is 6.66. The number of carbonyl (C=O) groups is 3. The first-order valence-electron chi connectivity index (χ1n) is 15.1. The quantitative estimate of drug-likeness (QED) is 0.338. The Kier molecular flexibility index (Phi) is 7.73. The van der Waals surface area contributed by atoms with Crippen LogP contribution in [-0.4, -0.2) is 64.7 Å². The maximum atomic E-state index is 13.8. The fraction of sp³-hybridized carbons (Fsp3) is 0.382. The molecular weight excluding hydrogens is 526 g/mol. The fourth-order valence-corrected chi connectivity index (χ4v) is 6.66. The number of amides is 3. The van der Waals surface area contributed by atoms with E-state index >= 15 is 0 Å². The number of H-pyrrole nitrogens is 1. The molecule has 0 spiro atoms. The van der Waals surface area contributed by atoms with Crippen molar-refractivity contribution in [3.63, 3.8) is 0 Å². The van der Waals surface area contributed by atoms with Crippen molar-refractivity contribution < 1.29 is 14.4 Å². The van der Waals surface area contributed by atoms with Gasteiger partial charge in [0.05, 0.1) is 17.2 Å². The van der Waals surface area contributed by atoms with Crippen molar-refractivity contribution in [2.75, 3.05) is 31.5 Å². The highest BCUT2D eigenvalue weighted by Crippen LogP contribution is 2.35. The molecule has 218 valence electrons. The number of aromatic nitrogens is 1. The molecule has 0 bridgehead atoms. The summed E-state index contributed by atoms with van der Waals surface area (Å²) < 4.78 is 0. The Balaban J connectivity index is 1.24. The molecule has 2 aromatic carbocycles. The number of nitrogens with zero attached hydrogens (tertiary/aromatic N) is 2. The number of benzene rings is 2. The number of carbonyl (C=O) groups excluding carboxylic acids is 3. The number of nitrogens with one attached hydrogen (secondary N) is 3. The van der Waals surface area contributed by atoms with E-state index in [1.807, 2.05) is 51.1 Å². The minimum Gasteiger partial charge on any atom is -0.358 e. The van der Waals surface area contributed by atoms with Gasteiger partial charge in [0.2, 0.25) is 0 Å². The van der Waals surface area contributed by atoms with E-state index in [4.69, 9.17) is 0 Å². The highest BCUT2D eigenvalue weighted by molar-refractivity contribution is 6.35. The van der Waals surface area contributed by atoms with Crippen molar-refractivity contribution in [3.05, 3.63) is 87.7 Å². The Hall–Kier alpha value is -4.17. The lowest BCUT2D eigenvalue weighted by Gasteiger charge is -2.28. The van der Waals surface area contributed by atoms with Gasteiger partial charge in [-0.2, -0.15) is 0 Å². The largest absolute Gasteiger partial charge is 0.358 e. The molecule has 2 fully saturated rings. The van der Waals surface area contributed by atoms with E-state index in [1.54, 1.807) is 24.3 Å². The summed E-state index contributed by atoms with van der Waals surface area (Å²) in [5.74, 6) is -0.373. The molecule has 2 saturated heterocycles. The van der Waals surface area contributed by atoms with Crippen LogP contribution in [0.25, 0.3) is 11.6 Å². The molecule has 1 aromatic heterocycles. The van der Waals surface area contributed by atoms with Gasteiger partial charge in [-0.15, -0.1) is 0 Å². The van der Waals surface area contributed by atoms with E-state index < -0.39 is 0 Å². The van der Waals surface area contributed by atoms with Crippen LogP contribution in [0.4, 0.5) is 5.69 Å². The molecule has 3 aromatic rings. The van der Waals surface area contributed by atoms with Crippen molar-refractivity contribution in [1.82, 2.24) is 20.1 Å². The zero-order valence-corrected chi connectivity index (χ0v) is 24.6. The van der Waals surface area contributed by atoms with Crippen LogP contribution in [0.1, 0.15) is 87.4 Å². The number of aromatic amines is 1. The average Bonchev–Trinajstić information content (AvgIpc) is 3.78. The third kappa shape index (κ3) is 5.39. The van der Waals surface area contributed by atoms with Gasteiger partial charge in [-0.05, 0) is 94.9 Å². The zero-order chi connectivity index (χ0) is 29.4. The number of fused-ring (bicyclic) bond motifs is 1. The predicted molar refractivity (Wildman–Crippen MR) is 165 cm³/mol. The minimum atomic E-state index is -0.232. The van der Waals surface area contributed by atoms with E-state index in [0.717, 1.165) is 61.5 Å². The lowest BCUT2D eigenvalue weighted by molar-refractivity contribution is -0.110. The van der Waals surface area contributed by atoms with E-state index in [0.29, 0.717) is 28.0 Å². The van der Waals surface area contributed by atoms with Gasteiger partial charge in [-0.3, -0.25) is 14.4 Å². The first kappa shape index (κ1) is 28.0. The zero-order valence-electron chi connectivity index (χ0n) is 24.6. The molecule has 42 heavy (non-hydrogen) atoms. The average molecular weight is 566 g/mol. The summed E-state index contributed by atoms with van der Waals surface area (Å²) in [6, 6.07) is 15.1. The van der Waals surface area contributed by atoms with Crippen LogP contribution in [0, 0.1) is 13.8 Å². The number of hydrogen-bond donors (Lipinski definition) is 3. The summed E-state index contributed by atoms with van der Waals surface area (Å²) >= 11 is 0. The van der Waals surface area contributed by atoms with Gasteiger partial charge in [0.1, 0.15) is 0 Å². The summed E-state index contributed by atoms with van der Waals surface area (Å²) in [7, 11) is 0. The third-order valence-corrected chi connectivity index (χ3v) is 9.00.